The van der Waals surface area contributed by atoms with Crippen LogP contribution in [0.1, 0.15) is 26.6 Å². The minimum atomic E-state index is 0.189. The molecule has 0 saturated heterocycles. The summed E-state index contributed by atoms with van der Waals surface area (Å²) in [4.78, 5) is 4.21. The highest BCUT2D eigenvalue weighted by molar-refractivity contribution is 4.82. The molecular formula is C11H22N4O. The number of aromatic nitrogens is 3. The molecule has 0 aliphatic heterocycles. The summed E-state index contributed by atoms with van der Waals surface area (Å²) in [6, 6.07) is 0. The molecule has 1 rings (SSSR count). The van der Waals surface area contributed by atoms with Gasteiger partial charge in [-0.05, 0) is 19.9 Å². The van der Waals surface area contributed by atoms with Gasteiger partial charge in [-0.2, -0.15) is 5.10 Å². The quantitative estimate of drug-likeness (QED) is 0.755. The number of ether oxygens (including phenoxy) is 1. The van der Waals surface area contributed by atoms with Gasteiger partial charge >= 0.3 is 0 Å². The lowest BCUT2D eigenvalue weighted by Gasteiger charge is -2.13. The molecule has 1 unspecified atom stereocenters. The third-order valence-corrected chi connectivity index (χ3v) is 2.22. The molecule has 1 aromatic rings. The summed E-state index contributed by atoms with van der Waals surface area (Å²) in [5.41, 5.74) is 0. The Hall–Kier alpha value is -0.940. The maximum absolute atomic E-state index is 5.66. The van der Waals surface area contributed by atoms with E-state index in [0.29, 0.717) is 12.5 Å². The standard InChI is InChI=1S/C11H22N4O/c1-9(2)6-15-11(13-8-14-15)7-16-10(3)5-12-4/h8-10,12H,5-7H2,1-4H3. The van der Waals surface area contributed by atoms with Crippen molar-refractivity contribution in [3.8, 4) is 0 Å². The maximum atomic E-state index is 5.66. The molecular weight excluding hydrogens is 204 g/mol. The molecule has 0 aliphatic rings. The van der Waals surface area contributed by atoms with Crippen LogP contribution in [-0.4, -0.2) is 34.5 Å². The Labute approximate surface area is 97.2 Å². The SMILES string of the molecule is CNCC(C)OCc1ncnn1CC(C)C. The van der Waals surface area contributed by atoms with E-state index in [2.05, 4.69) is 29.2 Å². The number of likely N-dealkylation sites (N-methyl/N-ethyl adjacent to an activating group) is 1. The smallest absolute Gasteiger partial charge is 0.152 e. The van der Waals surface area contributed by atoms with Crippen LogP contribution in [-0.2, 0) is 17.9 Å². The van der Waals surface area contributed by atoms with Crippen molar-refractivity contribution < 1.29 is 4.74 Å². The fourth-order valence-corrected chi connectivity index (χ4v) is 1.46. The van der Waals surface area contributed by atoms with Crippen molar-refractivity contribution in [2.24, 2.45) is 5.92 Å². The van der Waals surface area contributed by atoms with E-state index in [1.165, 1.54) is 0 Å². The first-order valence-electron chi connectivity index (χ1n) is 5.76. The molecule has 1 heterocycles. The van der Waals surface area contributed by atoms with E-state index in [9.17, 15) is 0 Å². The molecule has 0 spiro atoms. The zero-order valence-corrected chi connectivity index (χ0v) is 10.6. The van der Waals surface area contributed by atoms with Gasteiger partial charge in [-0.1, -0.05) is 13.8 Å². The Morgan fingerprint density at radius 3 is 2.81 bits per heavy atom. The molecule has 0 bridgehead atoms. The lowest BCUT2D eigenvalue weighted by Crippen LogP contribution is -2.24. The zero-order chi connectivity index (χ0) is 12.0. The molecule has 0 aromatic carbocycles. The van der Waals surface area contributed by atoms with Crippen LogP contribution >= 0.6 is 0 Å². The number of hydrogen-bond donors (Lipinski definition) is 1. The summed E-state index contributed by atoms with van der Waals surface area (Å²) in [6.07, 6.45) is 1.78. The third-order valence-electron chi connectivity index (χ3n) is 2.22. The van der Waals surface area contributed by atoms with Crippen molar-refractivity contribution in [2.75, 3.05) is 13.6 Å². The van der Waals surface area contributed by atoms with Gasteiger partial charge in [0.2, 0.25) is 0 Å². The number of hydrogen-bond acceptors (Lipinski definition) is 4. The Balaban J connectivity index is 2.44. The minimum absolute atomic E-state index is 0.189. The normalized spacial score (nSPS) is 13.3. The van der Waals surface area contributed by atoms with E-state index < -0.39 is 0 Å². The highest BCUT2D eigenvalue weighted by Gasteiger charge is 2.08. The lowest BCUT2D eigenvalue weighted by atomic mass is 10.2. The molecule has 16 heavy (non-hydrogen) atoms. The summed E-state index contributed by atoms with van der Waals surface area (Å²) in [7, 11) is 1.92. The van der Waals surface area contributed by atoms with Crippen molar-refractivity contribution in [1.82, 2.24) is 20.1 Å². The van der Waals surface area contributed by atoms with Crippen LogP contribution in [0.25, 0.3) is 0 Å². The largest absolute Gasteiger partial charge is 0.369 e. The average molecular weight is 226 g/mol. The summed E-state index contributed by atoms with van der Waals surface area (Å²) in [5.74, 6) is 1.46. The van der Waals surface area contributed by atoms with Crippen molar-refractivity contribution in [3.05, 3.63) is 12.2 Å². The van der Waals surface area contributed by atoms with Crippen molar-refractivity contribution in [3.63, 3.8) is 0 Å². The highest BCUT2D eigenvalue weighted by Crippen LogP contribution is 2.03. The predicted octanol–water partition coefficient (Wildman–Crippen LogP) is 1.06. The van der Waals surface area contributed by atoms with Crippen LogP contribution in [0.5, 0.6) is 0 Å². The average Bonchev–Trinajstić information content (AvgIpc) is 2.62. The predicted molar refractivity (Wildman–Crippen MR) is 63.0 cm³/mol. The van der Waals surface area contributed by atoms with Gasteiger partial charge in [0.1, 0.15) is 12.9 Å². The van der Waals surface area contributed by atoms with Crippen LogP contribution < -0.4 is 5.32 Å². The van der Waals surface area contributed by atoms with E-state index in [1.54, 1.807) is 6.33 Å². The minimum Gasteiger partial charge on any atom is -0.369 e. The lowest BCUT2D eigenvalue weighted by molar-refractivity contribution is 0.0478. The Morgan fingerprint density at radius 1 is 1.44 bits per heavy atom. The summed E-state index contributed by atoms with van der Waals surface area (Å²) < 4.78 is 7.58. The van der Waals surface area contributed by atoms with Gasteiger partial charge in [0.05, 0.1) is 6.10 Å². The molecule has 1 N–H and O–H groups in total. The second-order valence-electron chi connectivity index (χ2n) is 4.43. The molecule has 5 heteroatoms. The summed E-state index contributed by atoms with van der Waals surface area (Å²) >= 11 is 0. The topological polar surface area (TPSA) is 52.0 Å². The number of rotatable bonds is 7. The van der Waals surface area contributed by atoms with E-state index >= 15 is 0 Å². The van der Waals surface area contributed by atoms with Gasteiger partial charge in [-0.3, -0.25) is 0 Å². The zero-order valence-electron chi connectivity index (χ0n) is 10.6. The second kappa shape index (κ2) is 6.60. The van der Waals surface area contributed by atoms with Crippen LogP contribution in [0.3, 0.4) is 0 Å². The van der Waals surface area contributed by atoms with Crippen molar-refractivity contribution in [1.29, 1.82) is 0 Å². The molecule has 0 amide bonds. The molecule has 1 atom stereocenters. The number of nitrogens with one attached hydrogen (secondary N) is 1. The molecule has 92 valence electrons. The first-order chi connectivity index (χ1) is 7.63. The fourth-order valence-electron chi connectivity index (χ4n) is 1.46. The third kappa shape index (κ3) is 4.28. The molecule has 0 radical (unpaired) electrons. The van der Waals surface area contributed by atoms with Gasteiger partial charge in [0.25, 0.3) is 0 Å². The van der Waals surface area contributed by atoms with Crippen molar-refractivity contribution in [2.45, 2.75) is 40.0 Å². The van der Waals surface area contributed by atoms with Crippen LogP contribution in [0.4, 0.5) is 0 Å². The Bertz CT molecular complexity index is 298. The van der Waals surface area contributed by atoms with E-state index in [0.717, 1.165) is 18.9 Å². The first-order valence-corrected chi connectivity index (χ1v) is 5.76. The fraction of sp³-hybridized carbons (Fsp3) is 0.818. The number of nitrogens with zero attached hydrogens (tertiary/aromatic N) is 3. The summed E-state index contributed by atoms with van der Waals surface area (Å²) in [5, 5.41) is 7.27. The molecule has 0 fully saturated rings. The molecule has 5 nitrogen and oxygen atoms in total. The van der Waals surface area contributed by atoms with Crippen LogP contribution in [0, 0.1) is 5.92 Å². The monoisotopic (exact) mass is 226 g/mol. The molecule has 1 aromatic heterocycles. The maximum Gasteiger partial charge on any atom is 0.152 e. The van der Waals surface area contributed by atoms with E-state index in [-0.39, 0.29) is 6.10 Å². The van der Waals surface area contributed by atoms with Gasteiger partial charge in [0.15, 0.2) is 5.82 Å². The molecule has 0 aliphatic carbocycles. The highest BCUT2D eigenvalue weighted by atomic mass is 16.5. The van der Waals surface area contributed by atoms with Gasteiger partial charge in [0, 0.05) is 13.1 Å². The Kier molecular flexibility index (Phi) is 5.42. The second-order valence-corrected chi connectivity index (χ2v) is 4.43. The van der Waals surface area contributed by atoms with Crippen LogP contribution in [0.15, 0.2) is 6.33 Å². The first kappa shape index (κ1) is 13.1. The summed E-state index contributed by atoms with van der Waals surface area (Å²) in [6.45, 7) is 8.62. The van der Waals surface area contributed by atoms with E-state index in [4.69, 9.17) is 4.74 Å². The van der Waals surface area contributed by atoms with Gasteiger partial charge < -0.3 is 10.1 Å². The van der Waals surface area contributed by atoms with E-state index in [1.807, 2.05) is 18.7 Å². The van der Waals surface area contributed by atoms with Crippen LogP contribution in [0.2, 0.25) is 0 Å². The van der Waals surface area contributed by atoms with Crippen molar-refractivity contribution >= 4 is 0 Å². The van der Waals surface area contributed by atoms with Gasteiger partial charge in [-0.15, -0.1) is 0 Å². The Morgan fingerprint density at radius 2 is 2.19 bits per heavy atom. The van der Waals surface area contributed by atoms with Gasteiger partial charge in [-0.25, -0.2) is 9.67 Å². The molecule has 0 saturated carbocycles.